The van der Waals surface area contributed by atoms with Crippen molar-refractivity contribution in [2.75, 3.05) is 11.9 Å². The summed E-state index contributed by atoms with van der Waals surface area (Å²) < 4.78 is 0.909. The summed E-state index contributed by atoms with van der Waals surface area (Å²) in [5.74, 6) is -0.777. The van der Waals surface area contributed by atoms with Gasteiger partial charge in [-0.1, -0.05) is 28.4 Å². The zero-order valence-electron chi connectivity index (χ0n) is 11.4. The number of hydrogen-bond donors (Lipinski definition) is 3. The minimum atomic E-state index is -0.777. The van der Waals surface area contributed by atoms with Crippen molar-refractivity contribution >= 4 is 33.6 Å². The molecule has 0 bridgehead atoms. The molecule has 20 heavy (non-hydrogen) atoms. The summed E-state index contributed by atoms with van der Waals surface area (Å²) in [5.41, 5.74) is 1.76. The summed E-state index contributed by atoms with van der Waals surface area (Å²) in [5, 5.41) is 14.0. The van der Waals surface area contributed by atoms with E-state index in [1.54, 1.807) is 0 Å². The monoisotopic (exact) mass is 342 g/mol. The van der Waals surface area contributed by atoms with Gasteiger partial charge in [0.05, 0.1) is 0 Å². The minimum absolute atomic E-state index is 0.184. The van der Waals surface area contributed by atoms with E-state index in [2.05, 4.69) is 26.6 Å². The van der Waals surface area contributed by atoms with Crippen LogP contribution in [0.5, 0.6) is 0 Å². The fraction of sp³-hybridized carbons (Fsp3) is 0.429. The summed E-state index contributed by atoms with van der Waals surface area (Å²) >= 11 is 3.36. The van der Waals surface area contributed by atoms with Crippen molar-refractivity contribution in [2.45, 2.75) is 32.6 Å². The van der Waals surface area contributed by atoms with Crippen LogP contribution in [0.3, 0.4) is 0 Å². The largest absolute Gasteiger partial charge is 0.481 e. The first kappa shape index (κ1) is 16.5. The van der Waals surface area contributed by atoms with Gasteiger partial charge in [-0.15, -0.1) is 0 Å². The number of benzene rings is 1. The van der Waals surface area contributed by atoms with Crippen LogP contribution < -0.4 is 10.6 Å². The van der Waals surface area contributed by atoms with Crippen molar-refractivity contribution in [1.82, 2.24) is 5.32 Å². The zero-order chi connectivity index (χ0) is 15.0. The lowest BCUT2D eigenvalue weighted by Gasteiger charge is -2.10. The molecule has 2 amide bonds. The second kappa shape index (κ2) is 8.58. The Morgan fingerprint density at radius 1 is 1.25 bits per heavy atom. The number of hydrogen-bond acceptors (Lipinski definition) is 2. The highest BCUT2D eigenvalue weighted by Crippen LogP contribution is 2.20. The molecule has 0 aliphatic carbocycles. The van der Waals surface area contributed by atoms with E-state index in [0.29, 0.717) is 13.0 Å². The van der Waals surface area contributed by atoms with Crippen molar-refractivity contribution in [3.63, 3.8) is 0 Å². The van der Waals surface area contributed by atoms with Crippen LogP contribution in [0.25, 0.3) is 0 Å². The highest BCUT2D eigenvalue weighted by molar-refractivity contribution is 9.10. The number of aliphatic carboxylic acids is 1. The number of halogens is 1. The molecule has 0 fully saturated rings. The average molecular weight is 343 g/mol. The van der Waals surface area contributed by atoms with Crippen LogP contribution in [0.1, 0.15) is 31.2 Å². The molecule has 5 nitrogen and oxygen atoms in total. The number of anilines is 1. The Morgan fingerprint density at radius 3 is 2.70 bits per heavy atom. The van der Waals surface area contributed by atoms with E-state index in [0.717, 1.165) is 28.6 Å². The van der Waals surface area contributed by atoms with Gasteiger partial charge in [-0.25, -0.2) is 4.79 Å². The van der Waals surface area contributed by atoms with E-state index in [9.17, 15) is 9.59 Å². The smallest absolute Gasteiger partial charge is 0.319 e. The maximum Gasteiger partial charge on any atom is 0.319 e. The first-order valence-corrected chi connectivity index (χ1v) is 7.31. The van der Waals surface area contributed by atoms with E-state index in [1.807, 2.05) is 25.1 Å². The topological polar surface area (TPSA) is 78.4 Å². The summed E-state index contributed by atoms with van der Waals surface area (Å²) in [7, 11) is 0. The van der Waals surface area contributed by atoms with Crippen molar-refractivity contribution in [1.29, 1.82) is 0 Å². The number of urea groups is 1. The molecule has 1 aromatic rings. The predicted octanol–water partition coefficient (Wildman–Crippen LogP) is 3.52. The van der Waals surface area contributed by atoms with Gasteiger partial charge in [-0.3, -0.25) is 4.79 Å². The molecule has 0 saturated carbocycles. The van der Waals surface area contributed by atoms with Crippen molar-refractivity contribution < 1.29 is 14.7 Å². The van der Waals surface area contributed by atoms with Gasteiger partial charge in [0.15, 0.2) is 0 Å². The second-order valence-electron chi connectivity index (χ2n) is 4.54. The van der Waals surface area contributed by atoms with Crippen LogP contribution in [0.15, 0.2) is 22.7 Å². The Bertz CT molecular complexity index is 477. The van der Waals surface area contributed by atoms with Gasteiger partial charge in [0, 0.05) is 23.1 Å². The Kier molecular flexibility index (Phi) is 7.08. The maximum absolute atomic E-state index is 11.7. The molecule has 0 saturated heterocycles. The third-order valence-corrected chi connectivity index (χ3v) is 3.29. The molecule has 110 valence electrons. The van der Waals surface area contributed by atoms with Gasteiger partial charge < -0.3 is 15.7 Å². The van der Waals surface area contributed by atoms with Crippen LogP contribution >= 0.6 is 15.9 Å². The number of amides is 2. The number of carboxylic acids is 1. The number of unbranched alkanes of at least 4 members (excludes halogenated alkanes) is 2. The summed E-state index contributed by atoms with van der Waals surface area (Å²) in [6.45, 7) is 2.46. The lowest BCUT2D eigenvalue weighted by Crippen LogP contribution is -2.29. The fourth-order valence-corrected chi connectivity index (χ4v) is 2.04. The van der Waals surface area contributed by atoms with Crippen LogP contribution in [0.2, 0.25) is 0 Å². The van der Waals surface area contributed by atoms with Gasteiger partial charge >= 0.3 is 12.0 Å². The summed E-state index contributed by atoms with van der Waals surface area (Å²) in [6.07, 6.45) is 2.40. The molecule has 0 heterocycles. The quantitative estimate of drug-likeness (QED) is 0.663. The highest BCUT2D eigenvalue weighted by atomic mass is 79.9. The summed E-state index contributed by atoms with van der Waals surface area (Å²) in [6, 6.07) is 5.44. The van der Waals surface area contributed by atoms with Gasteiger partial charge in [0.25, 0.3) is 0 Å². The Hall–Kier alpha value is -1.56. The first-order chi connectivity index (χ1) is 9.49. The average Bonchev–Trinajstić information content (AvgIpc) is 2.37. The Morgan fingerprint density at radius 2 is 2.00 bits per heavy atom. The van der Waals surface area contributed by atoms with E-state index >= 15 is 0 Å². The number of carboxylic acid groups (broad SMARTS) is 1. The predicted molar refractivity (Wildman–Crippen MR) is 82.0 cm³/mol. The normalized spacial score (nSPS) is 10.1. The number of aryl methyl sites for hydroxylation is 1. The molecule has 0 aromatic heterocycles. The number of rotatable bonds is 7. The van der Waals surface area contributed by atoms with Crippen molar-refractivity contribution in [3.8, 4) is 0 Å². The lowest BCUT2D eigenvalue weighted by atomic mass is 10.2. The molecular weight excluding hydrogens is 324 g/mol. The third kappa shape index (κ3) is 6.56. The van der Waals surface area contributed by atoms with Gasteiger partial charge in [0.1, 0.15) is 0 Å². The van der Waals surface area contributed by atoms with Gasteiger partial charge in [0.2, 0.25) is 0 Å². The maximum atomic E-state index is 11.7. The zero-order valence-corrected chi connectivity index (χ0v) is 13.0. The van der Waals surface area contributed by atoms with E-state index < -0.39 is 5.97 Å². The number of carbonyl (C=O) groups excluding carboxylic acids is 1. The molecule has 0 aliphatic rings. The van der Waals surface area contributed by atoms with E-state index in [-0.39, 0.29) is 12.5 Å². The molecule has 6 heteroatoms. The molecular formula is C14H19BrN2O3. The van der Waals surface area contributed by atoms with Gasteiger partial charge in [-0.05, 0) is 37.5 Å². The lowest BCUT2D eigenvalue weighted by molar-refractivity contribution is -0.137. The second-order valence-corrected chi connectivity index (χ2v) is 5.46. The van der Waals surface area contributed by atoms with Crippen LogP contribution in [-0.2, 0) is 4.79 Å². The SMILES string of the molecule is Cc1ccc(Br)cc1NC(=O)NCCCCCC(=O)O. The van der Waals surface area contributed by atoms with Crippen molar-refractivity contribution in [3.05, 3.63) is 28.2 Å². The van der Waals surface area contributed by atoms with Crippen LogP contribution in [0, 0.1) is 6.92 Å². The van der Waals surface area contributed by atoms with E-state index in [4.69, 9.17) is 5.11 Å². The Labute approximate surface area is 126 Å². The van der Waals surface area contributed by atoms with Crippen molar-refractivity contribution in [2.24, 2.45) is 0 Å². The molecule has 0 radical (unpaired) electrons. The van der Waals surface area contributed by atoms with E-state index in [1.165, 1.54) is 0 Å². The fourth-order valence-electron chi connectivity index (χ4n) is 1.68. The number of nitrogens with one attached hydrogen (secondary N) is 2. The molecule has 1 aromatic carbocycles. The molecule has 0 unspecified atom stereocenters. The Balaban J connectivity index is 2.23. The van der Waals surface area contributed by atoms with Crippen LogP contribution in [0.4, 0.5) is 10.5 Å². The molecule has 0 aliphatic heterocycles. The van der Waals surface area contributed by atoms with Gasteiger partial charge in [-0.2, -0.15) is 0 Å². The molecule has 3 N–H and O–H groups in total. The first-order valence-electron chi connectivity index (χ1n) is 6.52. The standard InChI is InChI=1S/C14H19BrN2O3/c1-10-6-7-11(15)9-12(10)17-14(20)16-8-4-2-3-5-13(18)19/h6-7,9H,2-5,8H2,1H3,(H,18,19)(H2,16,17,20). The highest BCUT2D eigenvalue weighted by Gasteiger charge is 2.04. The molecule has 0 spiro atoms. The molecule has 1 rings (SSSR count). The number of carbonyl (C=O) groups is 2. The van der Waals surface area contributed by atoms with Crippen LogP contribution in [-0.4, -0.2) is 23.7 Å². The molecule has 0 atom stereocenters. The minimum Gasteiger partial charge on any atom is -0.481 e. The third-order valence-electron chi connectivity index (χ3n) is 2.80. The summed E-state index contributed by atoms with van der Waals surface area (Å²) in [4.78, 5) is 22.0.